The highest BCUT2D eigenvalue weighted by molar-refractivity contribution is 9.10. The summed E-state index contributed by atoms with van der Waals surface area (Å²) in [7, 11) is 0. The minimum absolute atomic E-state index is 0.0266. The lowest BCUT2D eigenvalue weighted by molar-refractivity contribution is -0.114. The van der Waals surface area contributed by atoms with E-state index < -0.39 is 0 Å². The van der Waals surface area contributed by atoms with Crippen LogP contribution >= 0.6 is 15.9 Å². The number of nitrogens with one attached hydrogen (secondary N) is 1. The maximum absolute atomic E-state index is 11.3. The normalized spacial score (nSPS) is 10.8. The molecule has 0 radical (unpaired) electrons. The van der Waals surface area contributed by atoms with E-state index in [1.54, 1.807) is 6.92 Å². The van der Waals surface area contributed by atoms with E-state index in [-0.39, 0.29) is 5.91 Å². The second kappa shape index (κ2) is 6.90. The smallest absolute Gasteiger partial charge is 0.221 e. The molecule has 0 aliphatic carbocycles. The summed E-state index contributed by atoms with van der Waals surface area (Å²) in [6.45, 7) is 10.7. The number of halogens is 1. The number of rotatable bonds is 5. The molecule has 0 spiro atoms. The molecule has 0 fully saturated rings. The fraction of sp³-hybridized carbons (Fsp3) is 0.500. The van der Waals surface area contributed by atoms with Gasteiger partial charge in [0.05, 0.1) is 0 Å². The van der Waals surface area contributed by atoms with Crippen LogP contribution in [0.3, 0.4) is 0 Å². The van der Waals surface area contributed by atoms with E-state index in [0.717, 1.165) is 40.9 Å². The van der Waals surface area contributed by atoms with Gasteiger partial charge in [-0.2, -0.15) is 0 Å². The summed E-state index contributed by atoms with van der Waals surface area (Å²) < 4.78 is 1.05. The van der Waals surface area contributed by atoms with Crippen LogP contribution in [-0.4, -0.2) is 23.9 Å². The number of nitrogens with zero attached hydrogens (tertiary/aromatic N) is 1. The standard InChI is InChI=1S/C14H21BrN2O/c1-5-17(6-2)9-12-8-13(15)7-10(3)14(12)16-11(4)18/h7-8H,5-6,9H2,1-4H3,(H,16,18). The van der Waals surface area contributed by atoms with Crippen LogP contribution in [0.1, 0.15) is 31.9 Å². The molecule has 0 saturated heterocycles. The lowest BCUT2D eigenvalue weighted by atomic mass is 10.1. The number of amides is 1. The lowest BCUT2D eigenvalue weighted by Gasteiger charge is -2.21. The molecule has 1 rings (SSSR count). The van der Waals surface area contributed by atoms with Gasteiger partial charge in [0.15, 0.2) is 0 Å². The quantitative estimate of drug-likeness (QED) is 0.901. The first kappa shape index (κ1) is 15.2. The number of hydrogen-bond acceptors (Lipinski definition) is 2. The van der Waals surface area contributed by atoms with Gasteiger partial charge in [-0.3, -0.25) is 9.69 Å². The first-order valence-corrected chi connectivity index (χ1v) is 7.06. The van der Waals surface area contributed by atoms with Crippen molar-refractivity contribution in [1.29, 1.82) is 0 Å². The number of hydrogen-bond donors (Lipinski definition) is 1. The van der Waals surface area contributed by atoms with Crippen LogP contribution in [0.5, 0.6) is 0 Å². The Morgan fingerprint density at radius 3 is 2.44 bits per heavy atom. The predicted molar refractivity (Wildman–Crippen MR) is 79.8 cm³/mol. The Hall–Kier alpha value is -0.870. The number of carbonyl (C=O) groups is 1. The van der Waals surface area contributed by atoms with Gasteiger partial charge in [-0.15, -0.1) is 0 Å². The van der Waals surface area contributed by atoms with Crippen LogP contribution in [0.25, 0.3) is 0 Å². The molecular weight excluding hydrogens is 292 g/mol. The second-order valence-corrected chi connectivity index (χ2v) is 5.32. The van der Waals surface area contributed by atoms with Gasteiger partial charge in [-0.1, -0.05) is 29.8 Å². The van der Waals surface area contributed by atoms with Gasteiger partial charge in [0.25, 0.3) is 0 Å². The number of carbonyl (C=O) groups excluding carboxylic acids is 1. The summed E-state index contributed by atoms with van der Waals surface area (Å²) in [4.78, 5) is 13.6. The van der Waals surface area contributed by atoms with Crippen molar-refractivity contribution in [2.45, 2.75) is 34.2 Å². The Balaban J connectivity index is 3.10. The maximum Gasteiger partial charge on any atom is 0.221 e. The third kappa shape index (κ3) is 4.10. The zero-order chi connectivity index (χ0) is 13.7. The van der Waals surface area contributed by atoms with E-state index in [1.807, 2.05) is 13.0 Å². The molecule has 4 heteroatoms. The molecule has 0 heterocycles. The van der Waals surface area contributed by atoms with Crippen LogP contribution < -0.4 is 5.32 Å². The van der Waals surface area contributed by atoms with Crippen molar-refractivity contribution >= 4 is 27.5 Å². The molecule has 1 aromatic carbocycles. The molecule has 0 atom stereocenters. The minimum Gasteiger partial charge on any atom is -0.326 e. The average molecular weight is 313 g/mol. The van der Waals surface area contributed by atoms with Gasteiger partial charge < -0.3 is 5.32 Å². The van der Waals surface area contributed by atoms with Crippen LogP contribution in [0.4, 0.5) is 5.69 Å². The Bertz CT molecular complexity index is 428. The van der Waals surface area contributed by atoms with Crippen molar-refractivity contribution in [2.24, 2.45) is 0 Å². The zero-order valence-electron chi connectivity index (χ0n) is 11.5. The van der Waals surface area contributed by atoms with E-state index >= 15 is 0 Å². The highest BCUT2D eigenvalue weighted by Crippen LogP contribution is 2.27. The van der Waals surface area contributed by atoms with Gasteiger partial charge in [0, 0.05) is 23.6 Å². The summed E-state index contributed by atoms with van der Waals surface area (Å²) in [6, 6.07) is 4.10. The van der Waals surface area contributed by atoms with E-state index in [9.17, 15) is 4.79 Å². The Kier molecular flexibility index (Phi) is 5.82. The molecule has 3 nitrogen and oxygen atoms in total. The molecule has 0 saturated carbocycles. The van der Waals surface area contributed by atoms with Gasteiger partial charge in [-0.05, 0) is 43.3 Å². The summed E-state index contributed by atoms with van der Waals surface area (Å²) in [5, 5.41) is 2.94. The van der Waals surface area contributed by atoms with Gasteiger partial charge in [-0.25, -0.2) is 0 Å². The Labute approximate surface area is 118 Å². The molecule has 0 bridgehead atoms. The van der Waals surface area contributed by atoms with Crippen molar-refractivity contribution < 1.29 is 4.79 Å². The van der Waals surface area contributed by atoms with Crippen LogP contribution in [0.2, 0.25) is 0 Å². The molecule has 0 aromatic heterocycles. The molecule has 1 aromatic rings. The molecule has 1 amide bonds. The van der Waals surface area contributed by atoms with Crippen molar-refractivity contribution in [1.82, 2.24) is 4.90 Å². The third-order valence-electron chi connectivity index (χ3n) is 2.97. The lowest BCUT2D eigenvalue weighted by Crippen LogP contribution is -2.23. The highest BCUT2D eigenvalue weighted by Gasteiger charge is 2.11. The molecule has 0 aliphatic rings. The molecule has 100 valence electrons. The molecule has 18 heavy (non-hydrogen) atoms. The predicted octanol–water partition coefficient (Wildman–Crippen LogP) is 3.56. The molecule has 1 N–H and O–H groups in total. The van der Waals surface area contributed by atoms with E-state index in [0.29, 0.717) is 0 Å². The van der Waals surface area contributed by atoms with Crippen molar-refractivity contribution in [3.05, 3.63) is 27.7 Å². The second-order valence-electron chi connectivity index (χ2n) is 4.40. The average Bonchev–Trinajstić information content (AvgIpc) is 2.29. The SMILES string of the molecule is CCN(CC)Cc1cc(Br)cc(C)c1NC(C)=O. The van der Waals surface area contributed by atoms with Gasteiger partial charge in [0.1, 0.15) is 0 Å². The Morgan fingerprint density at radius 2 is 1.94 bits per heavy atom. The van der Waals surface area contributed by atoms with Crippen LogP contribution in [-0.2, 0) is 11.3 Å². The van der Waals surface area contributed by atoms with Crippen molar-refractivity contribution in [3.63, 3.8) is 0 Å². The monoisotopic (exact) mass is 312 g/mol. The molecule has 0 aliphatic heterocycles. The summed E-state index contributed by atoms with van der Waals surface area (Å²) in [6.07, 6.45) is 0. The first-order chi connectivity index (χ1) is 8.47. The van der Waals surface area contributed by atoms with Crippen molar-refractivity contribution in [2.75, 3.05) is 18.4 Å². The van der Waals surface area contributed by atoms with Gasteiger partial charge >= 0.3 is 0 Å². The van der Waals surface area contributed by atoms with Crippen LogP contribution in [0, 0.1) is 6.92 Å². The van der Waals surface area contributed by atoms with E-state index in [2.05, 4.69) is 46.1 Å². The zero-order valence-corrected chi connectivity index (χ0v) is 13.1. The largest absolute Gasteiger partial charge is 0.326 e. The fourth-order valence-electron chi connectivity index (χ4n) is 1.98. The molecule has 0 unspecified atom stereocenters. The number of benzene rings is 1. The maximum atomic E-state index is 11.3. The summed E-state index contributed by atoms with van der Waals surface area (Å²) >= 11 is 3.52. The number of aryl methyl sites for hydroxylation is 1. The van der Waals surface area contributed by atoms with Crippen LogP contribution in [0.15, 0.2) is 16.6 Å². The van der Waals surface area contributed by atoms with Crippen molar-refractivity contribution in [3.8, 4) is 0 Å². The summed E-state index contributed by atoms with van der Waals surface area (Å²) in [5.41, 5.74) is 3.18. The topological polar surface area (TPSA) is 32.3 Å². The highest BCUT2D eigenvalue weighted by atomic mass is 79.9. The summed E-state index contributed by atoms with van der Waals surface area (Å²) in [5.74, 6) is -0.0266. The molecular formula is C14H21BrN2O. The first-order valence-electron chi connectivity index (χ1n) is 6.26. The van der Waals surface area contributed by atoms with E-state index in [4.69, 9.17) is 0 Å². The minimum atomic E-state index is -0.0266. The van der Waals surface area contributed by atoms with Gasteiger partial charge in [0.2, 0.25) is 5.91 Å². The fourth-order valence-corrected chi connectivity index (χ4v) is 2.60. The Morgan fingerprint density at radius 1 is 1.33 bits per heavy atom. The number of anilines is 1. The third-order valence-corrected chi connectivity index (χ3v) is 3.43. The van der Waals surface area contributed by atoms with E-state index in [1.165, 1.54) is 0 Å².